The van der Waals surface area contributed by atoms with E-state index in [4.69, 9.17) is 0 Å². The molecule has 0 spiro atoms. The van der Waals surface area contributed by atoms with Crippen molar-refractivity contribution in [3.63, 3.8) is 0 Å². The number of hydrogen-bond donors (Lipinski definition) is 0. The molecule has 0 aromatic carbocycles. The predicted molar refractivity (Wildman–Crippen MR) is 42.8 cm³/mol. The maximum absolute atomic E-state index is 12.7. The van der Waals surface area contributed by atoms with Gasteiger partial charge in [-0.25, -0.2) is 4.39 Å². The number of hydrogen-bond acceptors (Lipinski definition) is 0. The Morgan fingerprint density at radius 3 is 2.22 bits per heavy atom. The first kappa shape index (κ1) is 9.41. The Hall–Kier alpha value is 0.410. The van der Waals surface area contributed by atoms with Gasteiger partial charge in [-0.05, 0) is 33.1 Å². The quantitative estimate of drug-likeness (QED) is 0.479. The van der Waals surface area contributed by atoms with Crippen molar-refractivity contribution in [3.8, 4) is 0 Å². The van der Waals surface area contributed by atoms with Gasteiger partial charge >= 0.3 is 0 Å². The van der Waals surface area contributed by atoms with Gasteiger partial charge in [-0.1, -0.05) is 15.9 Å². The standard InChI is InChI=1S/C7H14BrF/c1-7(2,9)5-3-4-6-8/h3-6H2,1-2H3. The van der Waals surface area contributed by atoms with Gasteiger partial charge in [-0.15, -0.1) is 0 Å². The normalized spacial score (nSPS) is 12.0. The Morgan fingerprint density at radius 2 is 1.89 bits per heavy atom. The van der Waals surface area contributed by atoms with Crippen LogP contribution in [0.4, 0.5) is 4.39 Å². The van der Waals surface area contributed by atoms with Crippen LogP contribution in [0.1, 0.15) is 33.1 Å². The lowest BCUT2D eigenvalue weighted by atomic mass is 10.0. The van der Waals surface area contributed by atoms with Crippen LogP contribution >= 0.6 is 15.9 Å². The third kappa shape index (κ3) is 8.41. The molecule has 0 saturated heterocycles. The second kappa shape index (κ2) is 4.26. The first-order chi connectivity index (χ1) is 4.06. The van der Waals surface area contributed by atoms with E-state index in [0.717, 1.165) is 18.2 Å². The van der Waals surface area contributed by atoms with Crippen LogP contribution in [0.2, 0.25) is 0 Å². The van der Waals surface area contributed by atoms with Crippen LogP contribution in [-0.2, 0) is 0 Å². The smallest absolute Gasteiger partial charge is 0.105 e. The first-order valence-electron chi connectivity index (χ1n) is 3.31. The number of alkyl halides is 2. The summed E-state index contributed by atoms with van der Waals surface area (Å²) in [5.74, 6) is 0. The van der Waals surface area contributed by atoms with Gasteiger partial charge in [0.2, 0.25) is 0 Å². The molecular weight excluding hydrogens is 183 g/mol. The summed E-state index contributed by atoms with van der Waals surface area (Å²) in [7, 11) is 0. The molecule has 0 bridgehead atoms. The maximum atomic E-state index is 12.7. The zero-order valence-corrected chi connectivity index (χ0v) is 7.67. The largest absolute Gasteiger partial charge is 0.245 e. The Labute approximate surface area is 65.0 Å². The summed E-state index contributed by atoms with van der Waals surface area (Å²) in [6.07, 6.45) is 2.74. The number of halogens is 2. The van der Waals surface area contributed by atoms with E-state index >= 15 is 0 Å². The predicted octanol–water partition coefficient (Wildman–Crippen LogP) is 3.30. The molecule has 0 unspecified atom stereocenters. The molecule has 0 rings (SSSR count). The van der Waals surface area contributed by atoms with Crippen LogP contribution in [-0.4, -0.2) is 11.0 Å². The van der Waals surface area contributed by atoms with Crippen LogP contribution in [0.25, 0.3) is 0 Å². The van der Waals surface area contributed by atoms with E-state index in [-0.39, 0.29) is 0 Å². The fourth-order valence-electron chi connectivity index (χ4n) is 0.640. The minimum Gasteiger partial charge on any atom is -0.245 e. The number of rotatable bonds is 4. The summed E-state index contributed by atoms with van der Waals surface area (Å²) < 4.78 is 12.7. The van der Waals surface area contributed by atoms with E-state index in [9.17, 15) is 4.39 Å². The monoisotopic (exact) mass is 196 g/mol. The average Bonchev–Trinajstić information content (AvgIpc) is 1.63. The van der Waals surface area contributed by atoms with Crippen molar-refractivity contribution in [1.82, 2.24) is 0 Å². The van der Waals surface area contributed by atoms with Crippen molar-refractivity contribution in [2.75, 3.05) is 5.33 Å². The molecule has 0 aliphatic carbocycles. The molecule has 0 aromatic rings. The van der Waals surface area contributed by atoms with E-state index in [2.05, 4.69) is 15.9 Å². The van der Waals surface area contributed by atoms with E-state index < -0.39 is 5.67 Å². The molecule has 0 amide bonds. The highest BCUT2D eigenvalue weighted by molar-refractivity contribution is 9.09. The van der Waals surface area contributed by atoms with Gasteiger partial charge in [0.05, 0.1) is 0 Å². The molecule has 0 atom stereocenters. The van der Waals surface area contributed by atoms with E-state index in [1.54, 1.807) is 13.8 Å². The van der Waals surface area contributed by atoms with Gasteiger partial charge in [0.1, 0.15) is 5.67 Å². The number of unbranched alkanes of at least 4 members (excludes halogenated alkanes) is 1. The Balaban J connectivity index is 3.07. The molecule has 2 heteroatoms. The molecule has 56 valence electrons. The van der Waals surface area contributed by atoms with Gasteiger partial charge in [-0.2, -0.15) is 0 Å². The molecule has 0 saturated carbocycles. The van der Waals surface area contributed by atoms with Gasteiger partial charge in [-0.3, -0.25) is 0 Å². The van der Waals surface area contributed by atoms with Crippen molar-refractivity contribution < 1.29 is 4.39 Å². The molecule has 0 fully saturated rings. The maximum Gasteiger partial charge on any atom is 0.105 e. The molecule has 9 heavy (non-hydrogen) atoms. The molecule has 0 N–H and O–H groups in total. The van der Waals surface area contributed by atoms with Crippen LogP contribution in [0.5, 0.6) is 0 Å². The Morgan fingerprint density at radius 1 is 1.33 bits per heavy atom. The van der Waals surface area contributed by atoms with E-state index in [0.29, 0.717) is 6.42 Å². The van der Waals surface area contributed by atoms with Crippen molar-refractivity contribution in [1.29, 1.82) is 0 Å². The summed E-state index contributed by atoms with van der Waals surface area (Å²) in [5.41, 5.74) is -0.970. The minimum absolute atomic E-state index is 0.679. The molecule has 0 heterocycles. The van der Waals surface area contributed by atoms with Crippen molar-refractivity contribution in [2.45, 2.75) is 38.8 Å². The SMILES string of the molecule is CC(C)(F)CCCCBr. The van der Waals surface area contributed by atoms with Gasteiger partial charge in [0.25, 0.3) is 0 Å². The summed E-state index contributed by atoms with van der Waals surface area (Å²) in [6, 6.07) is 0. The zero-order chi connectivity index (χ0) is 7.33. The van der Waals surface area contributed by atoms with E-state index in [1.165, 1.54) is 0 Å². The summed E-state index contributed by atoms with van der Waals surface area (Å²) >= 11 is 3.29. The third-order valence-corrected chi connectivity index (χ3v) is 1.72. The second-order valence-corrected chi connectivity index (χ2v) is 3.66. The van der Waals surface area contributed by atoms with Crippen LogP contribution in [0.15, 0.2) is 0 Å². The average molecular weight is 197 g/mol. The second-order valence-electron chi connectivity index (χ2n) is 2.86. The van der Waals surface area contributed by atoms with E-state index in [1.807, 2.05) is 0 Å². The molecule has 0 aliphatic rings. The van der Waals surface area contributed by atoms with Gasteiger partial charge < -0.3 is 0 Å². The third-order valence-electron chi connectivity index (χ3n) is 1.15. The molecule has 0 nitrogen and oxygen atoms in total. The lowest BCUT2D eigenvalue weighted by molar-refractivity contribution is 0.197. The lowest BCUT2D eigenvalue weighted by Gasteiger charge is -2.12. The Kier molecular flexibility index (Phi) is 4.46. The highest BCUT2D eigenvalue weighted by Gasteiger charge is 2.13. The fraction of sp³-hybridized carbons (Fsp3) is 1.00. The van der Waals surface area contributed by atoms with Gasteiger partial charge in [0.15, 0.2) is 0 Å². The minimum atomic E-state index is -0.970. The molecular formula is C7H14BrF. The van der Waals surface area contributed by atoms with Crippen LogP contribution < -0.4 is 0 Å². The summed E-state index contributed by atoms with van der Waals surface area (Å²) in [6.45, 7) is 3.25. The van der Waals surface area contributed by atoms with Crippen molar-refractivity contribution in [2.24, 2.45) is 0 Å². The fourth-order valence-corrected chi connectivity index (χ4v) is 1.04. The molecule has 0 aromatic heterocycles. The summed E-state index contributed by atoms with van der Waals surface area (Å²) in [5, 5.41) is 0.989. The highest BCUT2D eigenvalue weighted by Crippen LogP contribution is 2.17. The first-order valence-corrected chi connectivity index (χ1v) is 4.43. The Bertz CT molecular complexity index is 65.8. The lowest BCUT2D eigenvalue weighted by Crippen LogP contribution is -2.10. The van der Waals surface area contributed by atoms with Crippen molar-refractivity contribution >= 4 is 15.9 Å². The zero-order valence-electron chi connectivity index (χ0n) is 6.08. The molecule has 0 aliphatic heterocycles. The topological polar surface area (TPSA) is 0 Å². The molecule has 0 radical (unpaired) electrons. The van der Waals surface area contributed by atoms with Crippen molar-refractivity contribution in [3.05, 3.63) is 0 Å². The van der Waals surface area contributed by atoms with Crippen LogP contribution in [0, 0.1) is 0 Å². The summed E-state index contributed by atoms with van der Waals surface area (Å²) in [4.78, 5) is 0. The van der Waals surface area contributed by atoms with Crippen LogP contribution in [0.3, 0.4) is 0 Å². The van der Waals surface area contributed by atoms with Gasteiger partial charge in [0, 0.05) is 5.33 Å². The highest BCUT2D eigenvalue weighted by atomic mass is 79.9.